The van der Waals surface area contributed by atoms with Crippen LogP contribution in [-0.4, -0.2) is 80.4 Å². The normalized spacial score (nSPS) is 24.3. The topological polar surface area (TPSA) is 156 Å². The molecule has 0 bridgehead atoms. The number of ether oxygens (including phenoxy) is 3. The molecule has 3 N–H and O–H groups in total. The van der Waals surface area contributed by atoms with Gasteiger partial charge < -0.3 is 34.6 Å². The fourth-order valence-corrected chi connectivity index (χ4v) is 10.3. The largest absolute Gasteiger partial charge is 0.489 e. The Balaban J connectivity index is 1.53. The summed E-state index contributed by atoms with van der Waals surface area (Å²) in [5.41, 5.74) is 3.08. The van der Waals surface area contributed by atoms with Crippen molar-refractivity contribution in [3.8, 4) is 11.5 Å². The highest BCUT2D eigenvalue weighted by Gasteiger charge is 2.65. The molecule has 1 heterocycles. The molecule has 12 nitrogen and oxygen atoms in total. The van der Waals surface area contributed by atoms with Gasteiger partial charge in [-0.15, -0.1) is 6.58 Å². The van der Waals surface area contributed by atoms with Crippen LogP contribution in [0.4, 0.5) is 10.1 Å². The SMILES string of the molecule is C=CCO[C@@]12Oc3ccc(OCc4ccccc4F)cc3[C@H]3[C@H](CCCCO)[C@@H](CCCCO)C=C(C(=NOC)C[C@@H]1N(C)S(=O)(=O)c1ccc(NC(C)=O)cc1)[C@H]32. The molecule has 3 aliphatic rings. The number of likely N-dealkylation sites (N-methyl/N-ethyl adjacent to an activating group) is 1. The lowest BCUT2D eigenvalue weighted by atomic mass is 9.55. The molecule has 1 amide bonds. The maximum atomic E-state index is 14.6. The second-order valence-electron chi connectivity index (χ2n) is 15.1. The van der Waals surface area contributed by atoms with Gasteiger partial charge in [-0.2, -0.15) is 4.31 Å². The number of amides is 1. The van der Waals surface area contributed by atoms with E-state index in [1.54, 1.807) is 36.4 Å². The van der Waals surface area contributed by atoms with Crippen molar-refractivity contribution >= 4 is 27.3 Å². The van der Waals surface area contributed by atoms with Crippen LogP contribution in [0.5, 0.6) is 11.5 Å². The van der Waals surface area contributed by atoms with Crippen molar-refractivity contribution in [2.24, 2.45) is 22.9 Å². The lowest BCUT2D eigenvalue weighted by Gasteiger charge is -2.59. The number of aliphatic hydroxyl groups is 2. The van der Waals surface area contributed by atoms with E-state index in [2.05, 4.69) is 23.1 Å². The molecule has 0 spiro atoms. The summed E-state index contributed by atoms with van der Waals surface area (Å²) in [6, 6.07) is 16.9. The van der Waals surface area contributed by atoms with Crippen LogP contribution >= 0.6 is 0 Å². The third-order valence-electron chi connectivity index (χ3n) is 11.5. The number of sulfonamides is 1. The van der Waals surface area contributed by atoms with Crippen molar-refractivity contribution in [1.82, 2.24) is 4.31 Å². The smallest absolute Gasteiger partial charge is 0.243 e. The van der Waals surface area contributed by atoms with Gasteiger partial charge in [0.05, 0.1) is 29.2 Å². The number of carbonyl (C=O) groups excluding carboxylic acids is 1. The van der Waals surface area contributed by atoms with Crippen molar-refractivity contribution in [3.63, 3.8) is 0 Å². The minimum Gasteiger partial charge on any atom is -0.489 e. The van der Waals surface area contributed by atoms with E-state index in [0.29, 0.717) is 41.3 Å². The van der Waals surface area contributed by atoms with Gasteiger partial charge in [-0.05, 0) is 91.6 Å². The van der Waals surface area contributed by atoms with Crippen molar-refractivity contribution in [3.05, 3.63) is 108 Å². The molecule has 0 radical (unpaired) electrons. The maximum absolute atomic E-state index is 14.6. The predicted molar refractivity (Wildman–Crippen MR) is 218 cm³/mol. The van der Waals surface area contributed by atoms with E-state index in [-0.39, 0.29) is 67.2 Å². The monoisotopic (exact) mass is 819 g/mol. The molecule has 58 heavy (non-hydrogen) atoms. The Morgan fingerprint density at radius 1 is 1.07 bits per heavy atom. The summed E-state index contributed by atoms with van der Waals surface area (Å²) in [6.07, 6.45) is 8.13. The number of fused-ring (bicyclic) bond motifs is 2. The molecule has 14 heteroatoms. The highest BCUT2D eigenvalue weighted by atomic mass is 32.2. The lowest BCUT2D eigenvalue weighted by molar-refractivity contribution is -0.250. The molecule has 3 aromatic carbocycles. The second-order valence-corrected chi connectivity index (χ2v) is 17.1. The fraction of sp³-hybridized carbons (Fsp3) is 0.455. The van der Waals surface area contributed by atoms with E-state index in [4.69, 9.17) is 19.0 Å². The quantitative estimate of drug-likeness (QED) is 0.0662. The van der Waals surface area contributed by atoms with Gasteiger partial charge in [0.1, 0.15) is 31.0 Å². The minimum atomic E-state index is -4.22. The zero-order valence-electron chi connectivity index (χ0n) is 33.3. The summed E-state index contributed by atoms with van der Waals surface area (Å²) in [4.78, 5) is 17.1. The summed E-state index contributed by atoms with van der Waals surface area (Å²) in [7, 11) is -1.26. The van der Waals surface area contributed by atoms with Gasteiger partial charge in [-0.3, -0.25) is 4.79 Å². The fourth-order valence-electron chi connectivity index (χ4n) is 8.93. The standard InChI is InChI=1S/C44H54FN3O9S/c1-5-24-56-44-41(48(3)58(52,53)34-19-16-32(17-20-34)46-29(2)51)27-39(47-54-4)36-25-30(12-8-10-22-49)35(14-9-11-23-50)42(43(36)44)37-26-33(18-21-40(37)57-44)55-28-31-13-6-7-15-38(31)45/h5-7,13,15-21,25-26,30,35,41-43,49-50H,1,8-12,14,22-24,27-28H2,2-4H3,(H,46,51)/t30-,35+,41-,42+,43+,44+/m0/s1. The zero-order valence-corrected chi connectivity index (χ0v) is 34.1. The molecular formula is C44H54FN3O9S. The van der Waals surface area contributed by atoms with Crippen LogP contribution < -0.4 is 14.8 Å². The molecule has 6 atom stereocenters. The molecule has 0 saturated heterocycles. The van der Waals surface area contributed by atoms with Gasteiger partial charge in [0.25, 0.3) is 0 Å². The molecule has 1 aliphatic heterocycles. The molecule has 3 aromatic rings. The minimum absolute atomic E-state index is 0.00281. The molecule has 1 fully saturated rings. The van der Waals surface area contributed by atoms with Crippen LogP contribution in [0.3, 0.4) is 0 Å². The first-order chi connectivity index (χ1) is 28.0. The number of nitrogens with zero attached hydrogens (tertiary/aromatic N) is 2. The number of rotatable bonds is 19. The van der Waals surface area contributed by atoms with E-state index in [9.17, 15) is 27.8 Å². The van der Waals surface area contributed by atoms with E-state index >= 15 is 0 Å². The number of allylic oxidation sites excluding steroid dienone is 1. The number of nitrogens with one attached hydrogen (secondary N) is 1. The summed E-state index contributed by atoms with van der Waals surface area (Å²) in [6.45, 7) is 5.45. The number of aliphatic hydroxyl groups excluding tert-OH is 2. The molecule has 2 aliphatic carbocycles. The number of anilines is 1. The first-order valence-electron chi connectivity index (χ1n) is 19.8. The van der Waals surface area contributed by atoms with Crippen molar-refractivity contribution in [2.45, 2.75) is 81.1 Å². The van der Waals surface area contributed by atoms with Crippen LogP contribution in [0.2, 0.25) is 0 Å². The third-order valence-corrected chi connectivity index (χ3v) is 13.4. The first kappa shape index (κ1) is 43.0. The molecular weight excluding hydrogens is 766 g/mol. The van der Waals surface area contributed by atoms with Crippen molar-refractivity contribution in [2.75, 3.05) is 39.3 Å². The Bertz CT molecular complexity index is 2090. The van der Waals surface area contributed by atoms with Crippen LogP contribution in [0.15, 0.2) is 101 Å². The Kier molecular flexibility index (Phi) is 14.1. The maximum Gasteiger partial charge on any atom is 0.243 e. The Morgan fingerprint density at radius 3 is 2.47 bits per heavy atom. The molecule has 312 valence electrons. The highest BCUT2D eigenvalue weighted by molar-refractivity contribution is 7.89. The van der Waals surface area contributed by atoms with Crippen LogP contribution in [0.1, 0.15) is 68.9 Å². The number of hydrogen-bond acceptors (Lipinski definition) is 10. The number of carbonyl (C=O) groups is 1. The Morgan fingerprint density at radius 2 is 1.79 bits per heavy atom. The number of halogens is 1. The molecule has 1 saturated carbocycles. The first-order valence-corrected chi connectivity index (χ1v) is 21.3. The van der Waals surface area contributed by atoms with Gasteiger partial charge in [0, 0.05) is 56.3 Å². The summed E-state index contributed by atoms with van der Waals surface area (Å²) < 4.78 is 65.4. The van der Waals surface area contributed by atoms with Gasteiger partial charge >= 0.3 is 0 Å². The molecule has 0 aromatic heterocycles. The Hall–Kier alpha value is -4.60. The van der Waals surface area contributed by atoms with Gasteiger partial charge in [0.15, 0.2) is 0 Å². The lowest BCUT2D eigenvalue weighted by Crippen LogP contribution is -2.69. The number of hydrogen-bond donors (Lipinski definition) is 3. The summed E-state index contributed by atoms with van der Waals surface area (Å²) in [5.74, 6) is -2.22. The van der Waals surface area contributed by atoms with Crippen LogP contribution in [-0.2, 0) is 31.0 Å². The van der Waals surface area contributed by atoms with Crippen molar-refractivity contribution < 1.29 is 46.9 Å². The summed E-state index contributed by atoms with van der Waals surface area (Å²) in [5, 5.41) is 26.8. The van der Waals surface area contributed by atoms with Crippen molar-refractivity contribution in [1.29, 1.82) is 0 Å². The number of oxime groups is 1. The van der Waals surface area contributed by atoms with Gasteiger partial charge in [0.2, 0.25) is 21.7 Å². The van der Waals surface area contributed by atoms with Gasteiger partial charge in [-0.1, -0.05) is 48.3 Å². The zero-order chi connectivity index (χ0) is 41.5. The third kappa shape index (κ3) is 8.86. The van der Waals surface area contributed by atoms with E-state index in [1.165, 1.54) is 55.7 Å². The average Bonchev–Trinajstić information content (AvgIpc) is 3.21. The average molecular weight is 820 g/mol. The second kappa shape index (κ2) is 19.0. The van der Waals surface area contributed by atoms with E-state index in [0.717, 1.165) is 36.8 Å². The van der Waals surface area contributed by atoms with Crippen LogP contribution in [0, 0.1) is 23.6 Å². The number of benzene rings is 3. The molecule has 0 unspecified atom stereocenters. The predicted octanol–water partition coefficient (Wildman–Crippen LogP) is 6.95. The number of unbranched alkanes of at least 4 members (excludes halogenated alkanes) is 2. The van der Waals surface area contributed by atoms with Crippen LogP contribution in [0.25, 0.3) is 0 Å². The Labute approximate surface area is 340 Å². The van der Waals surface area contributed by atoms with Gasteiger partial charge in [-0.25, -0.2) is 12.8 Å². The van der Waals surface area contributed by atoms with E-state index < -0.39 is 27.8 Å². The van der Waals surface area contributed by atoms with E-state index in [1.807, 2.05) is 6.07 Å². The highest BCUT2D eigenvalue weighted by Crippen LogP contribution is 2.62. The molecule has 6 rings (SSSR count). The summed E-state index contributed by atoms with van der Waals surface area (Å²) >= 11 is 0.